The van der Waals surface area contributed by atoms with Crippen molar-refractivity contribution in [3.05, 3.63) is 0 Å². The fourth-order valence-corrected chi connectivity index (χ4v) is 3.42. The van der Waals surface area contributed by atoms with Gasteiger partial charge in [-0.2, -0.15) is 0 Å². The van der Waals surface area contributed by atoms with Crippen molar-refractivity contribution in [1.29, 1.82) is 0 Å². The minimum Gasteiger partial charge on any atom is -0.466 e. The molecule has 4 unspecified atom stereocenters. The van der Waals surface area contributed by atoms with Crippen molar-refractivity contribution < 1.29 is 14.6 Å². The number of rotatable bonds is 4. The van der Waals surface area contributed by atoms with Crippen molar-refractivity contribution in [2.24, 2.45) is 5.92 Å². The van der Waals surface area contributed by atoms with E-state index in [-0.39, 0.29) is 24.0 Å². The first-order valence-electron chi connectivity index (χ1n) is 7.81. The maximum absolute atomic E-state index is 11.8. The summed E-state index contributed by atoms with van der Waals surface area (Å²) in [6.07, 6.45) is 8.08. The van der Waals surface area contributed by atoms with E-state index in [9.17, 15) is 9.90 Å². The summed E-state index contributed by atoms with van der Waals surface area (Å²) in [7, 11) is 0. The Labute approximate surface area is 115 Å². The molecule has 4 nitrogen and oxygen atoms in total. The second-order valence-electron chi connectivity index (χ2n) is 5.94. The standard InChI is InChI=1S/C15H27NO3/c1-2-19-15(18)11-6-5-7-12(10-11)16-13-8-3-4-9-14(13)17/h11-14,16-17H,2-10H2,1H3. The number of carbonyl (C=O) groups excluding carboxylic acids is 1. The molecule has 0 bridgehead atoms. The predicted octanol–water partition coefficient (Wildman–Crippen LogP) is 2.00. The number of nitrogens with one attached hydrogen (secondary N) is 1. The molecule has 4 heteroatoms. The minimum absolute atomic E-state index is 0.0433. The summed E-state index contributed by atoms with van der Waals surface area (Å²) in [5.74, 6) is 0.00475. The highest BCUT2D eigenvalue weighted by Crippen LogP contribution is 2.27. The maximum atomic E-state index is 11.8. The Morgan fingerprint density at radius 2 is 2.00 bits per heavy atom. The van der Waals surface area contributed by atoms with Crippen LogP contribution in [0.4, 0.5) is 0 Å². The van der Waals surface area contributed by atoms with Crippen LogP contribution >= 0.6 is 0 Å². The Morgan fingerprint density at radius 1 is 1.21 bits per heavy atom. The van der Waals surface area contributed by atoms with Crippen LogP contribution in [0.15, 0.2) is 0 Å². The van der Waals surface area contributed by atoms with Gasteiger partial charge in [-0.15, -0.1) is 0 Å². The van der Waals surface area contributed by atoms with Crippen molar-refractivity contribution in [2.45, 2.75) is 76.5 Å². The molecular weight excluding hydrogens is 242 g/mol. The predicted molar refractivity (Wildman–Crippen MR) is 73.8 cm³/mol. The number of esters is 1. The molecule has 0 saturated heterocycles. The first-order chi connectivity index (χ1) is 9.20. The van der Waals surface area contributed by atoms with E-state index in [4.69, 9.17) is 4.74 Å². The zero-order valence-corrected chi connectivity index (χ0v) is 11.9. The zero-order chi connectivity index (χ0) is 13.7. The van der Waals surface area contributed by atoms with E-state index < -0.39 is 0 Å². The molecule has 2 N–H and O–H groups in total. The topological polar surface area (TPSA) is 58.6 Å². The molecule has 0 spiro atoms. The SMILES string of the molecule is CCOC(=O)C1CCCC(NC2CCCCC2O)C1. The Morgan fingerprint density at radius 3 is 2.74 bits per heavy atom. The number of hydrogen-bond acceptors (Lipinski definition) is 4. The molecule has 2 rings (SSSR count). The Hall–Kier alpha value is -0.610. The minimum atomic E-state index is -0.211. The summed E-state index contributed by atoms with van der Waals surface area (Å²) in [4.78, 5) is 11.8. The number of aliphatic hydroxyl groups is 1. The summed E-state index contributed by atoms with van der Waals surface area (Å²) < 4.78 is 5.12. The molecule has 110 valence electrons. The van der Waals surface area contributed by atoms with Crippen LogP contribution in [0.25, 0.3) is 0 Å². The second-order valence-corrected chi connectivity index (χ2v) is 5.94. The fraction of sp³-hybridized carbons (Fsp3) is 0.933. The third kappa shape index (κ3) is 4.18. The van der Waals surface area contributed by atoms with E-state index in [1.54, 1.807) is 0 Å². The normalized spacial score (nSPS) is 35.9. The molecule has 2 aliphatic carbocycles. The maximum Gasteiger partial charge on any atom is 0.308 e. The summed E-state index contributed by atoms with van der Waals surface area (Å²) in [5.41, 5.74) is 0. The highest BCUT2D eigenvalue weighted by molar-refractivity contribution is 5.72. The Balaban J connectivity index is 1.81. The lowest BCUT2D eigenvalue weighted by Gasteiger charge is -2.35. The largest absolute Gasteiger partial charge is 0.466 e. The lowest BCUT2D eigenvalue weighted by molar-refractivity contribution is -0.149. The van der Waals surface area contributed by atoms with Gasteiger partial charge < -0.3 is 15.2 Å². The average molecular weight is 269 g/mol. The van der Waals surface area contributed by atoms with Crippen molar-refractivity contribution in [3.63, 3.8) is 0 Å². The van der Waals surface area contributed by atoms with E-state index in [0.717, 1.165) is 44.9 Å². The molecule has 0 amide bonds. The van der Waals surface area contributed by atoms with Gasteiger partial charge in [-0.25, -0.2) is 0 Å². The van der Waals surface area contributed by atoms with Gasteiger partial charge in [0.05, 0.1) is 18.6 Å². The molecule has 0 heterocycles. The Bertz CT molecular complexity index is 295. The van der Waals surface area contributed by atoms with E-state index in [0.29, 0.717) is 12.6 Å². The van der Waals surface area contributed by atoms with Crippen molar-refractivity contribution >= 4 is 5.97 Å². The van der Waals surface area contributed by atoms with Gasteiger partial charge in [-0.1, -0.05) is 19.3 Å². The highest BCUT2D eigenvalue weighted by atomic mass is 16.5. The molecule has 2 fully saturated rings. The van der Waals surface area contributed by atoms with E-state index in [1.807, 2.05) is 6.92 Å². The lowest BCUT2D eigenvalue weighted by atomic mass is 9.84. The van der Waals surface area contributed by atoms with Crippen LogP contribution in [0.5, 0.6) is 0 Å². The zero-order valence-electron chi connectivity index (χ0n) is 11.9. The molecule has 0 aromatic rings. The quantitative estimate of drug-likeness (QED) is 0.766. The van der Waals surface area contributed by atoms with Crippen LogP contribution in [0.1, 0.15) is 58.3 Å². The number of aliphatic hydroxyl groups excluding tert-OH is 1. The van der Waals surface area contributed by atoms with Gasteiger partial charge in [0, 0.05) is 12.1 Å². The van der Waals surface area contributed by atoms with Gasteiger partial charge in [-0.3, -0.25) is 4.79 Å². The van der Waals surface area contributed by atoms with Gasteiger partial charge in [0.25, 0.3) is 0 Å². The summed E-state index contributed by atoms with van der Waals surface area (Å²) in [5, 5.41) is 13.6. The number of carbonyl (C=O) groups is 1. The molecule has 0 aromatic carbocycles. The molecule has 4 atom stereocenters. The summed E-state index contributed by atoms with van der Waals surface area (Å²) >= 11 is 0. The van der Waals surface area contributed by atoms with Crippen molar-refractivity contribution in [3.8, 4) is 0 Å². The highest BCUT2D eigenvalue weighted by Gasteiger charge is 2.31. The van der Waals surface area contributed by atoms with Gasteiger partial charge >= 0.3 is 5.97 Å². The Kier molecular flexibility index (Phi) is 5.64. The van der Waals surface area contributed by atoms with Crippen molar-refractivity contribution in [1.82, 2.24) is 5.32 Å². The van der Waals surface area contributed by atoms with Crippen LogP contribution < -0.4 is 5.32 Å². The molecular formula is C15H27NO3. The summed E-state index contributed by atoms with van der Waals surface area (Å²) in [6, 6.07) is 0.584. The van der Waals surface area contributed by atoms with Gasteiger partial charge in [0.2, 0.25) is 0 Å². The number of ether oxygens (including phenoxy) is 1. The van der Waals surface area contributed by atoms with Gasteiger partial charge in [0.1, 0.15) is 0 Å². The van der Waals surface area contributed by atoms with Crippen LogP contribution in [0.2, 0.25) is 0 Å². The molecule has 2 saturated carbocycles. The first-order valence-corrected chi connectivity index (χ1v) is 7.81. The fourth-order valence-electron chi connectivity index (χ4n) is 3.42. The van der Waals surface area contributed by atoms with Crippen LogP contribution in [-0.4, -0.2) is 35.9 Å². The molecule has 0 aliphatic heterocycles. The second kappa shape index (κ2) is 7.25. The van der Waals surface area contributed by atoms with Crippen LogP contribution in [-0.2, 0) is 9.53 Å². The van der Waals surface area contributed by atoms with E-state index >= 15 is 0 Å². The van der Waals surface area contributed by atoms with Crippen LogP contribution in [0.3, 0.4) is 0 Å². The summed E-state index contributed by atoms with van der Waals surface area (Å²) in [6.45, 7) is 2.32. The lowest BCUT2D eigenvalue weighted by Crippen LogP contribution is -2.49. The molecule has 2 aliphatic rings. The van der Waals surface area contributed by atoms with Gasteiger partial charge in [-0.05, 0) is 39.0 Å². The third-order valence-corrected chi connectivity index (χ3v) is 4.47. The molecule has 19 heavy (non-hydrogen) atoms. The van der Waals surface area contributed by atoms with Crippen LogP contribution in [0, 0.1) is 5.92 Å². The average Bonchev–Trinajstić information content (AvgIpc) is 2.42. The molecule has 0 aromatic heterocycles. The first kappa shape index (κ1) is 14.8. The monoisotopic (exact) mass is 269 g/mol. The van der Waals surface area contributed by atoms with E-state index in [1.165, 1.54) is 6.42 Å². The van der Waals surface area contributed by atoms with Gasteiger partial charge in [0.15, 0.2) is 0 Å². The number of hydrogen-bond donors (Lipinski definition) is 2. The van der Waals surface area contributed by atoms with Crippen molar-refractivity contribution in [2.75, 3.05) is 6.61 Å². The molecule has 0 radical (unpaired) electrons. The third-order valence-electron chi connectivity index (χ3n) is 4.47. The smallest absolute Gasteiger partial charge is 0.308 e. The van der Waals surface area contributed by atoms with E-state index in [2.05, 4.69) is 5.32 Å².